The van der Waals surface area contributed by atoms with Gasteiger partial charge >= 0.3 is 0 Å². The van der Waals surface area contributed by atoms with Gasteiger partial charge in [-0.3, -0.25) is 0 Å². The maximum atomic E-state index is 6.57. The molecule has 3 fully saturated rings. The van der Waals surface area contributed by atoms with Gasteiger partial charge in [-0.1, -0.05) is 85.5 Å². The number of hydrogen-bond acceptors (Lipinski definition) is 2. The van der Waals surface area contributed by atoms with Crippen molar-refractivity contribution in [3.63, 3.8) is 0 Å². The van der Waals surface area contributed by atoms with E-state index in [9.17, 15) is 0 Å². The molecule has 2 nitrogen and oxygen atoms in total. The lowest BCUT2D eigenvalue weighted by atomic mass is 9.47. The third-order valence-corrected chi connectivity index (χ3v) is 12.5. The molecule has 0 spiro atoms. The molecule has 0 amide bonds. The smallest absolute Gasteiger partial charge is 0.177 e. The lowest BCUT2D eigenvalue weighted by molar-refractivity contribution is -0.188. The van der Waals surface area contributed by atoms with Crippen LogP contribution in [-0.4, -0.2) is 18.5 Å². The molecular weight excluding hydrogens is 452 g/mol. The molecule has 0 N–H and O–H groups in total. The van der Waals surface area contributed by atoms with Crippen LogP contribution >= 0.6 is 0 Å². The molecule has 0 saturated heterocycles. The van der Waals surface area contributed by atoms with Gasteiger partial charge in [0, 0.05) is 5.92 Å². The van der Waals surface area contributed by atoms with Crippen molar-refractivity contribution in [2.75, 3.05) is 0 Å². The number of hydrogen-bond donors (Lipinski definition) is 0. The zero-order valence-electron chi connectivity index (χ0n) is 25.3. The molecule has 0 radical (unpaired) electrons. The van der Waals surface area contributed by atoms with Crippen LogP contribution in [0.15, 0.2) is 23.8 Å². The predicted molar refractivity (Wildman–Crippen MR) is 155 cm³/mol. The Kier molecular flexibility index (Phi) is 8.39. The van der Waals surface area contributed by atoms with Crippen molar-refractivity contribution >= 4 is 0 Å². The molecule has 1 aliphatic heterocycles. The Labute approximate surface area is 229 Å². The predicted octanol–water partition coefficient (Wildman–Crippen LogP) is 9.74. The second-order valence-corrected chi connectivity index (χ2v) is 15.0. The van der Waals surface area contributed by atoms with E-state index in [0.717, 1.165) is 48.3 Å². The first-order chi connectivity index (χ1) is 17.7. The first-order valence-corrected chi connectivity index (χ1v) is 16.3. The lowest BCUT2D eigenvalue weighted by Gasteiger charge is -2.58. The first-order valence-electron chi connectivity index (χ1n) is 16.3. The molecule has 37 heavy (non-hydrogen) atoms. The van der Waals surface area contributed by atoms with E-state index in [1.165, 1.54) is 64.2 Å². The van der Waals surface area contributed by atoms with Crippen LogP contribution in [0.4, 0.5) is 0 Å². The van der Waals surface area contributed by atoms with Crippen LogP contribution in [0.1, 0.15) is 126 Å². The highest BCUT2D eigenvalue weighted by Gasteiger charge is 2.59. The van der Waals surface area contributed by atoms with Crippen molar-refractivity contribution in [2.45, 2.75) is 144 Å². The van der Waals surface area contributed by atoms with E-state index in [4.69, 9.17) is 9.47 Å². The van der Waals surface area contributed by atoms with Gasteiger partial charge in [-0.2, -0.15) is 0 Å². The molecule has 5 unspecified atom stereocenters. The van der Waals surface area contributed by atoms with Crippen molar-refractivity contribution in [3.8, 4) is 0 Å². The van der Waals surface area contributed by atoms with E-state index in [2.05, 4.69) is 66.7 Å². The van der Waals surface area contributed by atoms with Crippen LogP contribution in [0.5, 0.6) is 0 Å². The van der Waals surface area contributed by atoms with Gasteiger partial charge in [0.25, 0.3) is 0 Å². The lowest BCUT2D eigenvalue weighted by Crippen LogP contribution is -2.51. The molecular formula is C35H58O2. The van der Waals surface area contributed by atoms with Gasteiger partial charge in [0.1, 0.15) is 0 Å². The van der Waals surface area contributed by atoms with E-state index in [-0.39, 0.29) is 6.29 Å². The van der Waals surface area contributed by atoms with Crippen LogP contribution in [-0.2, 0) is 9.47 Å². The molecule has 1 heterocycles. The van der Waals surface area contributed by atoms with E-state index in [1.54, 1.807) is 5.57 Å². The van der Waals surface area contributed by atoms with Crippen molar-refractivity contribution in [3.05, 3.63) is 23.8 Å². The zero-order valence-corrected chi connectivity index (χ0v) is 25.3. The fourth-order valence-electron chi connectivity index (χ4n) is 10.2. The average Bonchev–Trinajstić information content (AvgIpc) is 3.22. The highest BCUT2D eigenvalue weighted by Crippen LogP contribution is 2.67. The van der Waals surface area contributed by atoms with Gasteiger partial charge in [-0.05, 0) is 110 Å². The van der Waals surface area contributed by atoms with Gasteiger partial charge in [-0.15, -0.1) is 0 Å². The SMILES string of the molecule is CC[C@H]1OC(O[C@H]2CC[C@@]3(C)C(=CCC4C3CC[C@@]3(C)C4CC[C@@H]3C(C)CCCC(C)C)C2)C=C[C@@H]1C. The molecule has 0 aromatic heterocycles. The Balaban J connectivity index is 1.23. The zero-order chi connectivity index (χ0) is 26.4. The normalized spacial score (nSPS) is 46.2. The Morgan fingerprint density at radius 1 is 1.00 bits per heavy atom. The topological polar surface area (TPSA) is 18.5 Å². The second-order valence-electron chi connectivity index (χ2n) is 15.0. The van der Waals surface area contributed by atoms with Gasteiger partial charge in [0.05, 0.1) is 12.2 Å². The minimum Gasteiger partial charge on any atom is -0.345 e. The summed E-state index contributed by atoms with van der Waals surface area (Å²) in [6.07, 6.45) is 23.8. The first kappa shape index (κ1) is 27.9. The monoisotopic (exact) mass is 510 g/mol. The van der Waals surface area contributed by atoms with Crippen LogP contribution < -0.4 is 0 Å². The maximum absolute atomic E-state index is 6.57. The summed E-state index contributed by atoms with van der Waals surface area (Å²) in [5, 5.41) is 0. The maximum Gasteiger partial charge on any atom is 0.177 e. The van der Waals surface area contributed by atoms with Crippen LogP contribution in [0.3, 0.4) is 0 Å². The molecule has 5 aliphatic rings. The van der Waals surface area contributed by atoms with Gasteiger partial charge in [0.2, 0.25) is 0 Å². The summed E-state index contributed by atoms with van der Waals surface area (Å²) in [6.45, 7) is 17.2. The fraction of sp³-hybridized carbons (Fsp3) is 0.886. The average molecular weight is 511 g/mol. The van der Waals surface area contributed by atoms with Crippen molar-refractivity contribution in [2.24, 2.45) is 52.3 Å². The Bertz CT molecular complexity index is 842. The highest BCUT2D eigenvalue weighted by atomic mass is 16.7. The number of allylic oxidation sites excluding steroid dienone is 1. The van der Waals surface area contributed by atoms with Gasteiger partial charge in [-0.25, -0.2) is 0 Å². The summed E-state index contributed by atoms with van der Waals surface area (Å²) in [5.74, 6) is 5.93. The van der Waals surface area contributed by atoms with Crippen LogP contribution in [0.2, 0.25) is 0 Å². The molecule has 210 valence electrons. The number of ether oxygens (including phenoxy) is 2. The molecule has 0 aromatic rings. The Morgan fingerprint density at radius 2 is 1.81 bits per heavy atom. The summed E-state index contributed by atoms with van der Waals surface area (Å²) in [5.41, 5.74) is 2.71. The van der Waals surface area contributed by atoms with Crippen LogP contribution in [0, 0.1) is 52.3 Å². The summed E-state index contributed by atoms with van der Waals surface area (Å²) in [4.78, 5) is 0. The highest BCUT2D eigenvalue weighted by molar-refractivity contribution is 5.25. The van der Waals surface area contributed by atoms with E-state index in [1.807, 2.05) is 0 Å². The molecule has 11 atom stereocenters. The molecule has 2 heteroatoms. The minimum absolute atomic E-state index is 0.152. The summed E-state index contributed by atoms with van der Waals surface area (Å²) >= 11 is 0. The second kappa shape index (κ2) is 11.1. The Hall–Kier alpha value is -0.600. The third kappa shape index (κ3) is 5.29. The summed E-state index contributed by atoms with van der Waals surface area (Å²) < 4.78 is 12.9. The largest absolute Gasteiger partial charge is 0.345 e. The molecule has 5 rings (SSSR count). The Morgan fingerprint density at radius 3 is 2.57 bits per heavy atom. The number of fused-ring (bicyclic) bond motifs is 5. The van der Waals surface area contributed by atoms with Gasteiger partial charge < -0.3 is 9.47 Å². The molecule has 4 aliphatic carbocycles. The third-order valence-electron chi connectivity index (χ3n) is 12.5. The van der Waals surface area contributed by atoms with Crippen LogP contribution in [0.25, 0.3) is 0 Å². The summed E-state index contributed by atoms with van der Waals surface area (Å²) in [6, 6.07) is 0. The van der Waals surface area contributed by atoms with Crippen molar-refractivity contribution in [1.29, 1.82) is 0 Å². The van der Waals surface area contributed by atoms with Gasteiger partial charge in [0.15, 0.2) is 6.29 Å². The van der Waals surface area contributed by atoms with Crippen molar-refractivity contribution in [1.82, 2.24) is 0 Å². The van der Waals surface area contributed by atoms with E-state index >= 15 is 0 Å². The fourth-order valence-corrected chi connectivity index (χ4v) is 10.2. The molecule has 0 aromatic carbocycles. The molecule has 3 saturated carbocycles. The summed E-state index contributed by atoms with van der Waals surface area (Å²) in [7, 11) is 0. The number of rotatable bonds is 8. The van der Waals surface area contributed by atoms with Crippen molar-refractivity contribution < 1.29 is 9.47 Å². The molecule has 0 bridgehead atoms. The van der Waals surface area contributed by atoms with E-state index in [0.29, 0.717) is 29.0 Å². The minimum atomic E-state index is -0.152. The quantitative estimate of drug-likeness (QED) is 0.303. The standard InChI is InChI=1S/C35H58O2/c1-8-32-25(5)12-17-33(37-32)36-27-18-20-34(6)26(22-27)13-14-28-30-16-15-29(24(4)11-9-10-23(2)3)35(30,7)21-19-31(28)34/h12-13,17,23-25,27-33H,8-11,14-16,18-22H2,1-7H3/t24?,25-,27-,28?,29+,30?,31?,32+,33?,34-,35+/m0/s1. The van der Waals surface area contributed by atoms with E-state index < -0.39 is 0 Å².